The molecule has 0 aliphatic heterocycles. The standard InChI is InChI=1S/C36H34F3NO2/c1-24-12-15-28-8-5-6-11-32(28)33(24)23-40(22-31-18-19-34(42-31)36(37,38)39)21-26-13-16-27(17-14-26)29-9-7-10-30(20-29)35(3,4)25(2)41/h5-20H,21-23H2,1-4H3. The van der Waals surface area contributed by atoms with Gasteiger partial charge >= 0.3 is 6.18 Å². The zero-order valence-corrected chi connectivity index (χ0v) is 24.3. The van der Waals surface area contributed by atoms with E-state index in [0.29, 0.717) is 13.1 Å². The minimum Gasteiger partial charge on any atom is -0.455 e. The second-order valence-electron chi connectivity index (χ2n) is 11.4. The first-order chi connectivity index (χ1) is 19.9. The topological polar surface area (TPSA) is 33.5 Å². The van der Waals surface area contributed by atoms with Crippen LogP contribution in [0.3, 0.4) is 0 Å². The summed E-state index contributed by atoms with van der Waals surface area (Å²) in [6.45, 7) is 8.82. The van der Waals surface area contributed by atoms with Crippen LogP contribution in [0.5, 0.6) is 0 Å². The molecular formula is C36H34F3NO2. The maximum Gasteiger partial charge on any atom is 0.449 e. The van der Waals surface area contributed by atoms with Gasteiger partial charge in [0.25, 0.3) is 0 Å². The molecule has 0 radical (unpaired) electrons. The highest BCUT2D eigenvalue weighted by Crippen LogP contribution is 2.32. The molecule has 5 aromatic rings. The van der Waals surface area contributed by atoms with Gasteiger partial charge in [0.1, 0.15) is 11.5 Å². The van der Waals surface area contributed by atoms with Crippen molar-refractivity contribution in [2.75, 3.05) is 0 Å². The van der Waals surface area contributed by atoms with Crippen molar-refractivity contribution in [2.24, 2.45) is 0 Å². The number of carbonyl (C=O) groups is 1. The fourth-order valence-corrected chi connectivity index (χ4v) is 5.23. The van der Waals surface area contributed by atoms with E-state index >= 15 is 0 Å². The van der Waals surface area contributed by atoms with Gasteiger partial charge in [-0.05, 0) is 84.0 Å². The Bertz CT molecular complexity index is 1710. The van der Waals surface area contributed by atoms with Crippen molar-refractivity contribution in [3.05, 3.63) is 131 Å². The molecule has 0 saturated carbocycles. The SMILES string of the molecule is CC(=O)C(C)(C)c1cccc(-c2ccc(CN(Cc3ccc(C(F)(F)F)o3)Cc3c(C)ccc4ccccc34)cc2)c1. The molecule has 0 spiro atoms. The van der Waals surface area contributed by atoms with Crippen LogP contribution in [0.2, 0.25) is 0 Å². The van der Waals surface area contributed by atoms with E-state index in [0.717, 1.165) is 50.2 Å². The average Bonchev–Trinajstić information content (AvgIpc) is 3.44. The highest BCUT2D eigenvalue weighted by Gasteiger charge is 2.35. The van der Waals surface area contributed by atoms with Crippen LogP contribution in [0.25, 0.3) is 21.9 Å². The number of hydrogen-bond acceptors (Lipinski definition) is 3. The van der Waals surface area contributed by atoms with Gasteiger partial charge in [-0.25, -0.2) is 0 Å². The van der Waals surface area contributed by atoms with Crippen molar-refractivity contribution in [1.82, 2.24) is 4.90 Å². The number of hydrogen-bond donors (Lipinski definition) is 0. The highest BCUT2D eigenvalue weighted by molar-refractivity contribution is 5.88. The molecule has 0 aliphatic rings. The van der Waals surface area contributed by atoms with Crippen LogP contribution in [0, 0.1) is 6.92 Å². The molecule has 0 saturated heterocycles. The van der Waals surface area contributed by atoms with Gasteiger partial charge in [0.2, 0.25) is 5.76 Å². The van der Waals surface area contributed by atoms with Gasteiger partial charge < -0.3 is 4.42 Å². The molecule has 1 aromatic heterocycles. The summed E-state index contributed by atoms with van der Waals surface area (Å²) in [5, 5.41) is 2.25. The summed E-state index contributed by atoms with van der Waals surface area (Å²) in [5.74, 6) is -0.615. The van der Waals surface area contributed by atoms with E-state index in [2.05, 4.69) is 42.2 Å². The lowest BCUT2D eigenvalue weighted by molar-refractivity contribution is -0.153. The molecule has 42 heavy (non-hydrogen) atoms. The fourth-order valence-electron chi connectivity index (χ4n) is 5.23. The highest BCUT2D eigenvalue weighted by atomic mass is 19.4. The van der Waals surface area contributed by atoms with Crippen LogP contribution in [0.1, 0.15) is 54.5 Å². The average molecular weight is 570 g/mol. The normalized spacial score (nSPS) is 12.3. The molecule has 6 heteroatoms. The molecular weight excluding hydrogens is 535 g/mol. The quantitative estimate of drug-likeness (QED) is 0.177. The summed E-state index contributed by atoms with van der Waals surface area (Å²) in [6.07, 6.45) is -4.53. The Morgan fingerprint density at radius 3 is 2.21 bits per heavy atom. The molecule has 0 N–H and O–H groups in total. The smallest absolute Gasteiger partial charge is 0.449 e. The molecule has 3 nitrogen and oxygen atoms in total. The van der Waals surface area contributed by atoms with Crippen molar-refractivity contribution < 1.29 is 22.4 Å². The minimum absolute atomic E-state index is 0.107. The summed E-state index contributed by atoms with van der Waals surface area (Å²) in [7, 11) is 0. The summed E-state index contributed by atoms with van der Waals surface area (Å²) in [4.78, 5) is 14.3. The molecule has 0 fully saturated rings. The van der Waals surface area contributed by atoms with Crippen LogP contribution in [0.4, 0.5) is 13.2 Å². The van der Waals surface area contributed by atoms with Crippen molar-refractivity contribution in [3.63, 3.8) is 0 Å². The molecule has 0 aliphatic carbocycles. The second kappa shape index (κ2) is 11.6. The fraction of sp³-hybridized carbons (Fsp3) is 0.250. The molecule has 0 amide bonds. The van der Waals surface area contributed by atoms with E-state index in [1.165, 1.54) is 6.07 Å². The summed E-state index contributed by atoms with van der Waals surface area (Å²) >= 11 is 0. The third-order valence-corrected chi connectivity index (χ3v) is 8.13. The van der Waals surface area contributed by atoms with E-state index in [9.17, 15) is 18.0 Å². The van der Waals surface area contributed by atoms with Gasteiger partial charge in [0.15, 0.2) is 0 Å². The van der Waals surface area contributed by atoms with Gasteiger partial charge in [-0.2, -0.15) is 13.2 Å². The first-order valence-corrected chi connectivity index (χ1v) is 14.0. The van der Waals surface area contributed by atoms with Crippen LogP contribution in [-0.2, 0) is 36.0 Å². The third kappa shape index (κ3) is 6.34. The number of fused-ring (bicyclic) bond motifs is 1. The van der Waals surface area contributed by atoms with Crippen molar-refractivity contribution in [2.45, 2.75) is 58.9 Å². The number of benzene rings is 4. The van der Waals surface area contributed by atoms with E-state index in [4.69, 9.17) is 4.42 Å². The van der Waals surface area contributed by atoms with Gasteiger partial charge in [0, 0.05) is 18.5 Å². The van der Waals surface area contributed by atoms with Gasteiger partial charge in [-0.3, -0.25) is 9.69 Å². The predicted octanol–water partition coefficient (Wildman–Crippen LogP) is 9.50. The minimum atomic E-state index is -4.53. The zero-order valence-electron chi connectivity index (χ0n) is 24.3. The first-order valence-electron chi connectivity index (χ1n) is 14.0. The number of alkyl halides is 3. The number of furan rings is 1. The van der Waals surface area contributed by atoms with E-state index in [1.54, 1.807) is 6.92 Å². The Morgan fingerprint density at radius 2 is 1.52 bits per heavy atom. The molecule has 0 unspecified atom stereocenters. The van der Waals surface area contributed by atoms with Crippen molar-refractivity contribution in [1.29, 1.82) is 0 Å². The van der Waals surface area contributed by atoms with E-state index < -0.39 is 17.4 Å². The Morgan fingerprint density at radius 1 is 0.786 bits per heavy atom. The monoisotopic (exact) mass is 569 g/mol. The lowest BCUT2D eigenvalue weighted by atomic mass is 9.80. The van der Waals surface area contributed by atoms with Crippen LogP contribution in [0.15, 0.2) is 101 Å². The van der Waals surface area contributed by atoms with E-state index in [1.807, 2.05) is 68.4 Å². The van der Waals surface area contributed by atoms with Gasteiger partial charge in [-0.15, -0.1) is 0 Å². The first kappa shape index (κ1) is 29.3. The Labute approximate surface area is 244 Å². The van der Waals surface area contributed by atoms with Crippen molar-refractivity contribution in [3.8, 4) is 11.1 Å². The predicted molar refractivity (Wildman–Crippen MR) is 161 cm³/mol. The maximum absolute atomic E-state index is 13.2. The molecule has 216 valence electrons. The Hall–Kier alpha value is -4.16. The zero-order chi connectivity index (χ0) is 30.1. The molecule has 5 rings (SSSR count). The Kier molecular flexibility index (Phi) is 8.11. The Balaban J connectivity index is 1.43. The largest absolute Gasteiger partial charge is 0.455 e. The van der Waals surface area contributed by atoms with Crippen LogP contribution >= 0.6 is 0 Å². The molecule has 4 aromatic carbocycles. The summed E-state index contributed by atoms with van der Waals surface area (Å²) in [6, 6.07) is 30.9. The van der Waals surface area contributed by atoms with Gasteiger partial charge in [0.05, 0.1) is 6.54 Å². The van der Waals surface area contributed by atoms with Gasteiger partial charge in [-0.1, -0.05) is 84.9 Å². The number of Topliss-reactive ketones (excluding diaryl/α,β-unsaturated/α-hetero) is 1. The lowest BCUT2D eigenvalue weighted by Gasteiger charge is -2.24. The van der Waals surface area contributed by atoms with Crippen LogP contribution in [-0.4, -0.2) is 10.7 Å². The molecule has 0 atom stereocenters. The second-order valence-corrected chi connectivity index (χ2v) is 11.4. The number of carbonyl (C=O) groups excluding carboxylic acids is 1. The van der Waals surface area contributed by atoms with Crippen molar-refractivity contribution >= 4 is 16.6 Å². The van der Waals surface area contributed by atoms with E-state index in [-0.39, 0.29) is 18.1 Å². The number of nitrogens with zero attached hydrogens (tertiary/aromatic N) is 1. The summed E-state index contributed by atoms with van der Waals surface area (Å²) < 4.78 is 44.9. The summed E-state index contributed by atoms with van der Waals surface area (Å²) in [5.41, 5.74) is 5.72. The van der Waals surface area contributed by atoms with Crippen LogP contribution < -0.4 is 0 Å². The molecule has 0 bridgehead atoms. The number of ketones is 1. The number of halogens is 3. The molecule has 1 heterocycles. The maximum atomic E-state index is 13.2. The third-order valence-electron chi connectivity index (χ3n) is 8.13. The lowest BCUT2D eigenvalue weighted by Crippen LogP contribution is -2.26. The number of rotatable bonds is 9. The number of aryl methyl sites for hydroxylation is 1.